The zero-order valence-electron chi connectivity index (χ0n) is 7.94. The predicted molar refractivity (Wildman–Crippen MR) is 54.7 cm³/mol. The minimum absolute atomic E-state index is 0.0580. The van der Waals surface area contributed by atoms with Gasteiger partial charge in [0.1, 0.15) is 0 Å². The topological polar surface area (TPSA) is 55.1 Å². The van der Waals surface area contributed by atoms with Gasteiger partial charge in [-0.1, -0.05) is 30.3 Å². The van der Waals surface area contributed by atoms with Crippen LogP contribution in [0.4, 0.5) is 0 Å². The van der Waals surface area contributed by atoms with Crippen LogP contribution in [0.1, 0.15) is 11.5 Å². The number of carbonyl (C=O) groups excluding carboxylic acids is 1. The molecule has 2 rings (SSSR count). The average molecular weight is 190 g/mol. The lowest BCUT2D eigenvalue weighted by atomic mass is 9.89. The Morgan fingerprint density at radius 1 is 1.29 bits per heavy atom. The second-order valence-corrected chi connectivity index (χ2v) is 3.68. The summed E-state index contributed by atoms with van der Waals surface area (Å²) in [7, 11) is 0. The van der Waals surface area contributed by atoms with Gasteiger partial charge in [0.05, 0.1) is 5.92 Å². The van der Waals surface area contributed by atoms with Gasteiger partial charge in [0.25, 0.3) is 0 Å². The number of amides is 1. The van der Waals surface area contributed by atoms with Gasteiger partial charge in [-0.05, 0) is 5.56 Å². The van der Waals surface area contributed by atoms with Gasteiger partial charge in [-0.3, -0.25) is 4.79 Å². The molecule has 1 amide bonds. The Kier molecular flexibility index (Phi) is 2.50. The van der Waals surface area contributed by atoms with E-state index in [1.54, 1.807) is 0 Å². The summed E-state index contributed by atoms with van der Waals surface area (Å²) < 4.78 is 0. The van der Waals surface area contributed by atoms with Crippen molar-refractivity contribution in [1.29, 1.82) is 0 Å². The van der Waals surface area contributed by atoms with Gasteiger partial charge in [-0.15, -0.1) is 0 Å². The van der Waals surface area contributed by atoms with Crippen LogP contribution >= 0.6 is 0 Å². The number of nitrogens with two attached hydrogens (primary N) is 1. The number of primary amides is 1. The number of hydrogen-bond donors (Lipinski definition) is 2. The monoisotopic (exact) mass is 190 g/mol. The van der Waals surface area contributed by atoms with Crippen LogP contribution in [0.2, 0.25) is 0 Å². The third-order valence-corrected chi connectivity index (χ3v) is 2.81. The maximum absolute atomic E-state index is 11.2. The molecule has 3 N–H and O–H groups in total. The molecule has 2 atom stereocenters. The molecule has 1 saturated heterocycles. The summed E-state index contributed by atoms with van der Waals surface area (Å²) in [6.07, 6.45) is 0. The molecule has 74 valence electrons. The smallest absolute Gasteiger partial charge is 0.222 e. The lowest BCUT2D eigenvalue weighted by Gasteiger charge is -2.15. The van der Waals surface area contributed by atoms with Crippen molar-refractivity contribution in [3.05, 3.63) is 35.9 Å². The predicted octanol–water partition coefficient (Wildman–Crippen LogP) is 0.475. The largest absolute Gasteiger partial charge is 0.369 e. The van der Waals surface area contributed by atoms with E-state index in [0.717, 1.165) is 6.54 Å². The molecular weight excluding hydrogens is 176 g/mol. The minimum Gasteiger partial charge on any atom is -0.369 e. The number of nitrogens with one attached hydrogen (secondary N) is 1. The highest BCUT2D eigenvalue weighted by molar-refractivity contribution is 5.78. The average Bonchev–Trinajstić information content (AvgIpc) is 2.67. The zero-order chi connectivity index (χ0) is 9.97. The molecule has 14 heavy (non-hydrogen) atoms. The van der Waals surface area contributed by atoms with Crippen molar-refractivity contribution in [1.82, 2.24) is 5.32 Å². The van der Waals surface area contributed by atoms with Crippen molar-refractivity contribution >= 4 is 5.91 Å². The molecule has 1 heterocycles. The van der Waals surface area contributed by atoms with E-state index in [-0.39, 0.29) is 17.7 Å². The highest BCUT2D eigenvalue weighted by atomic mass is 16.1. The molecule has 3 heteroatoms. The molecule has 1 aliphatic heterocycles. The van der Waals surface area contributed by atoms with Crippen LogP contribution in [0.3, 0.4) is 0 Å². The summed E-state index contributed by atoms with van der Waals surface area (Å²) in [5.41, 5.74) is 6.54. The first kappa shape index (κ1) is 9.21. The third kappa shape index (κ3) is 1.63. The first-order chi connectivity index (χ1) is 6.79. The molecule has 1 fully saturated rings. The number of carbonyl (C=O) groups is 1. The van der Waals surface area contributed by atoms with E-state index in [1.165, 1.54) is 5.56 Å². The molecule has 3 nitrogen and oxygen atoms in total. The summed E-state index contributed by atoms with van der Waals surface area (Å²) in [6, 6.07) is 10.1. The Hall–Kier alpha value is -1.35. The fourth-order valence-corrected chi connectivity index (χ4v) is 2.03. The second-order valence-electron chi connectivity index (χ2n) is 3.68. The molecule has 1 aromatic carbocycles. The van der Waals surface area contributed by atoms with Crippen LogP contribution in [0.25, 0.3) is 0 Å². The lowest BCUT2D eigenvalue weighted by Crippen LogP contribution is -2.28. The standard InChI is InChI=1S/C11H14N2O/c12-11(14)10-7-13-6-9(10)8-4-2-1-3-5-8/h1-5,9-10,13H,6-7H2,(H2,12,14)/t9-,10+/m0/s1. The van der Waals surface area contributed by atoms with E-state index in [4.69, 9.17) is 5.73 Å². The van der Waals surface area contributed by atoms with Crippen LogP contribution in [0.15, 0.2) is 30.3 Å². The van der Waals surface area contributed by atoms with Crippen molar-refractivity contribution in [2.24, 2.45) is 11.7 Å². The highest BCUT2D eigenvalue weighted by Crippen LogP contribution is 2.27. The van der Waals surface area contributed by atoms with Gasteiger partial charge < -0.3 is 11.1 Å². The van der Waals surface area contributed by atoms with Gasteiger partial charge in [0.15, 0.2) is 0 Å². The fraction of sp³-hybridized carbons (Fsp3) is 0.364. The Morgan fingerprint density at radius 2 is 2.00 bits per heavy atom. The summed E-state index contributed by atoms with van der Waals surface area (Å²) in [4.78, 5) is 11.2. The maximum atomic E-state index is 11.2. The normalized spacial score (nSPS) is 26.3. The van der Waals surface area contributed by atoms with Crippen LogP contribution in [0, 0.1) is 5.92 Å². The van der Waals surface area contributed by atoms with Gasteiger partial charge in [-0.2, -0.15) is 0 Å². The van der Waals surface area contributed by atoms with Crippen LogP contribution in [0.5, 0.6) is 0 Å². The zero-order valence-corrected chi connectivity index (χ0v) is 7.94. The van der Waals surface area contributed by atoms with E-state index >= 15 is 0 Å². The molecule has 0 aliphatic carbocycles. The van der Waals surface area contributed by atoms with Crippen molar-refractivity contribution in [2.45, 2.75) is 5.92 Å². The SMILES string of the molecule is NC(=O)[C@@H]1CNC[C@H]1c1ccccc1. The molecule has 0 bridgehead atoms. The summed E-state index contributed by atoms with van der Waals surface area (Å²) in [6.45, 7) is 1.55. The number of hydrogen-bond acceptors (Lipinski definition) is 2. The lowest BCUT2D eigenvalue weighted by molar-refractivity contribution is -0.121. The maximum Gasteiger partial charge on any atom is 0.222 e. The van der Waals surface area contributed by atoms with Gasteiger partial charge in [0, 0.05) is 19.0 Å². The molecule has 0 saturated carbocycles. The summed E-state index contributed by atoms with van der Waals surface area (Å²) in [5.74, 6) is -0.0186. The van der Waals surface area contributed by atoms with Gasteiger partial charge in [-0.25, -0.2) is 0 Å². The van der Waals surface area contributed by atoms with Crippen molar-refractivity contribution in [2.75, 3.05) is 13.1 Å². The van der Waals surface area contributed by atoms with E-state index < -0.39 is 0 Å². The van der Waals surface area contributed by atoms with E-state index in [9.17, 15) is 4.79 Å². The molecule has 0 radical (unpaired) electrons. The van der Waals surface area contributed by atoms with Crippen molar-refractivity contribution in [3.63, 3.8) is 0 Å². The fourth-order valence-electron chi connectivity index (χ4n) is 2.03. The van der Waals surface area contributed by atoms with E-state index in [0.29, 0.717) is 6.54 Å². The van der Waals surface area contributed by atoms with E-state index in [2.05, 4.69) is 5.32 Å². The number of benzene rings is 1. The Bertz CT molecular complexity index is 323. The van der Waals surface area contributed by atoms with Crippen molar-refractivity contribution in [3.8, 4) is 0 Å². The molecule has 0 unspecified atom stereocenters. The molecule has 1 aromatic rings. The molecule has 1 aliphatic rings. The van der Waals surface area contributed by atoms with Crippen molar-refractivity contribution < 1.29 is 4.79 Å². The first-order valence-corrected chi connectivity index (χ1v) is 4.84. The Balaban J connectivity index is 2.22. The molecule has 0 spiro atoms. The number of rotatable bonds is 2. The Morgan fingerprint density at radius 3 is 2.64 bits per heavy atom. The van der Waals surface area contributed by atoms with Gasteiger partial charge >= 0.3 is 0 Å². The second kappa shape index (κ2) is 3.80. The first-order valence-electron chi connectivity index (χ1n) is 4.84. The highest BCUT2D eigenvalue weighted by Gasteiger charge is 2.32. The molecular formula is C11H14N2O. The van der Waals surface area contributed by atoms with Gasteiger partial charge in [0.2, 0.25) is 5.91 Å². The van der Waals surface area contributed by atoms with E-state index in [1.807, 2.05) is 30.3 Å². The minimum atomic E-state index is -0.205. The van der Waals surface area contributed by atoms with Crippen LogP contribution < -0.4 is 11.1 Å². The summed E-state index contributed by atoms with van der Waals surface area (Å²) in [5, 5.41) is 3.20. The third-order valence-electron chi connectivity index (χ3n) is 2.81. The van der Waals surface area contributed by atoms with Crippen LogP contribution in [-0.2, 0) is 4.79 Å². The Labute approximate surface area is 83.3 Å². The molecule has 0 aromatic heterocycles. The van der Waals surface area contributed by atoms with Crippen LogP contribution in [-0.4, -0.2) is 19.0 Å². The summed E-state index contributed by atoms with van der Waals surface area (Å²) >= 11 is 0. The quantitative estimate of drug-likeness (QED) is 0.712.